The zero-order chi connectivity index (χ0) is 33.0. The number of para-hydroxylation sites is 2. The van der Waals surface area contributed by atoms with Gasteiger partial charge < -0.3 is 9.47 Å². The van der Waals surface area contributed by atoms with Gasteiger partial charge in [-0.15, -0.1) is 0 Å². The molecule has 0 N–H and O–H groups in total. The zero-order valence-corrected chi connectivity index (χ0v) is 27.4. The lowest BCUT2D eigenvalue weighted by molar-refractivity contribution is 1.18. The number of anilines is 3. The molecule has 1 aromatic heterocycles. The Hall–Kier alpha value is -6.64. The molecule has 0 atom stereocenters. The lowest BCUT2D eigenvalue weighted by Gasteiger charge is -2.27. The third kappa shape index (κ3) is 4.57. The van der Waals surface area contributed by atoms with Gasteiger partial charge in [-0.25, -0.2) is 0 Å². The van der Waals surface area contributed by atoms with Crippen LogP contribution in [0.3, 0.4) is 0 Å². The summed E-state index contributed by atoms with van der Waals surface area (Å²) in [5.74, 6) is 0. The van der Waals surface area contributed by atoms with Crippen LogP contribution in [0.15, 0.2) is 182 Å². The van der Waals surface area contributed by atoms with Crippen molar-refractivity contribution in [2.45, 2.75) is 0 Å². The van der Waals surface area contributed by atoms with Crippen molar-refractivity contribution in [3.8, 4) is 5.69 Å². The van der Waals surface area contributed by atoms with Crippen LogP contribution in [0.4, 0.5) is 17.1 Å². The lowest BCUT2D eigenvalue weighted by Crippen LogP contribution is -2.10. The SMILES string of the molecule is C(=Cc1cc2ccc3cccc4c3c2c(c1)n4-c1ccccc1)c1ccc(N(c2ccccc2)c2cc3ccccc3c3ccccc23)cc1. The Labute approximate surface area is 290 Å². The van der Waals surface area contributed by atoms with Gasteiger partial charge in [-0.3, -0.25) is 0 Å². The fraction of sp³-hybridized carbons (Fsp3) is 0. The molecule has 2 nitrogen and oxygen atoms in total. The fourth-order valence-corrected chi connectivity index (χ4v) is 7.82. The number of aromatic nitrogens is 1. The lowest BCUT2D eigenvalue weighted by atomic mass is 9.99. The zero-order valence-electron chi connectivity index (χ0n) is 27.4. The second-order valence-corrected chi connectivity index (χ2v) is 13.0. The van der Waals surface area contributed by atoms with Crippen molar-refractivity contribution in [3.05, 3.63) is 193 Å². The van der Waals surface area contributed by atoms with E-state index in [1.807, 2.05) is 0 Å². The molecule has 0 aliphatic carbocycles. The minimum Gasteiger partial charge on any atom is -0.310 e. The number of fused-ring (bicyclic) bond motifs is 3. The molecule has 0 amide bonds. The highest BCUT2D eigenvalue weighted by atomic mass is 15.1. The van der Waals surface area contributed by atoms with E-state index in [1.54, 1.807) is 0 Å². The molecule has 0 saturated carbocycles. The van der Waals surface area contributed by atoms with Crippen LogP contribution >= 0.6 is 0 Å². The van der Waals surface area contributed by atoms with Crippen LogP contribution in [0, 0.1) is 0 Å². The van der Waals surface area contributed by atoms with E-state index in [9.17, 15) is 0 Å². The molecule has 0 aliphatic heterocycles. The molecule has 0 bridgehead atoms. The van der Waals surface area contributed by atoms with Crippen molar-refractivity contribution in [1.82, 2.24) is 4.57 Å². The van der Waals surface area contributed by atoms with E-state index in [0.717, 1.165) is 16.9 Å². The van der Waals surface area contributed by atoms with Crippen LogP contribution in [-0.2, 0) is 0 Å². The number of benzene rings is 9. The minimum atomic E-state index is 1.12. The Morgan fingerprint density at radius 3 is 1.82 bits per heavy atom. The average Bonchev–Trinajstić information content (AvgIpc) is 3.53. The maximum absolute atomic E-state index is 2.41. The number of hydrogen-bond donors (Lipinski definition) is 0. The summed E-state index contributed by atoms with van der Waals surface area (Å²) >= 11 is 0. The summed E-state index contributed by atoms with van der Waals surface area (Å²) in [6.45, 7) is 0. The molecule has 9 aromatic carbocycles. The molecule has 10 rings (SSSR count). The van der Waals surface area contributed by atoms with Gasteiger partial charge in [-0.05, 0) is 98.7 Å². The van der Waals surface area contributed by atoms with E-state index in [1.165, 1.54) is 71.1 Å². The summed E-state index contributed by atoms with van der Waals surface area (Å²) in [4.78, 5) is 2.38. The number of rotatable bonds is 6. The highest BCUT2D eigenvalue weighted by Crippen LogP contribution is 2.42. The molecule has 0 spiro atoms. The van der Waals surface area contributed by atoms with Crippen molar-refractivity contribution >= 4 is 83.3 Å². The second-order valence-electron chi connectivity index (χ2n) is 13.0. The quantitative estimate of drug-likeness (QED) is 0.130. The first-order valence-corrected chi connectivity index (χ1v) is 17.2. The maximum atomic E-state index is 2.41. The van der Waals surface area contributed by atoms with Gasteiger partial charge in [-0.1, -0.05) is 133 Å². The van der Waals surface area contributed by atoms with Gasteiger partial charge in [0, 0.05) is 33.2 Å². The van der Waals surface area contributed by atoms with Crippen LogP contribution in [0.25, 0.3) is 72.0 Å². The van der Waals surface area contributed by atoms with Crippen molar-refractivity contribution in [2.75, 3.05) is 4.90 Å². The third-order valence-electron chi connectivity index (χ3n) is 10.1. The summed E-state index contributed by atoms with van der Waals surface area (Å²) in [5.41, 5.74) is 9.40. The second kappa shape index (κ2) is 11.5. The van der Waals surface area contributed by atoms with Gasteiger partial charge in [-0.2, -0.15) is 0 Å². The summed E-state index contributed by atoms with van der Waals surface area (Å²) in [6, 6.07) is 65.8. The first-order chi connectivity index (χ1) is 24.8. The molecule has 2 heteroatoms. The fourth-order valence-electron chi connectivity index (χ4n) is 7.82. The minimum absolute atomic E-state index is 1.12. The molecule has 234 valence electrons. The van der Waals surface area contributed by atoms with Gasteiger partial charge in [0.1, 0.15) is 0 Å². The Morgan fingerprint density at radius 1 is 0.380 bits per heavy atom. The molecule has 50 heavy (non-hydrogen) atoms. The summed E-state index contributed by atoms with van der Waals surface area (Å²) in [6.07, 6.45) is 4.47. The van der Waals surface area contributed by atoms with Gasteiger partial charge in [0.25, 0.3) is 0 Å². The molecule has 0 radical (unpaired) electrons. The standard InChI is InChI=1S/C48H32N2/c1-3-14-38(15-4-1)49(45-32-36-12-7-8-18-41(36)42-19-9-10-20-43(42)45)40-28-24-33(25-29-40)22-23-34-30-37-27-26-35-13-11-21-44-47(35)48(37)46(31-34)50(44)39-16-5-2-6-17-39/h1-32H. The van der Waals surface area contributed by atoms with Crippen LogP contribution in [0.5, 0.6) is 0 Å². The Morgan fingerprint density at radius 2 is 1.00 bits per heavy atom. The molecular weight excluding hydrogens is 605 g/mol. The van der Waals surface area contributed by atoms with Crippen molar-refractivity contribution in [2.24, 2.45) is 0 Å². The molecule has 1 heterocycles. The molecule has 10 aromatic rings. The van der Waals surface area contributed by atoms with Gasteiger partial charge in [0.05, 0.1) is 16.7 Å². The van der Waals surface area contributed by atoms with Crippen molar-refractivity contribution in [3.63, 3.8) is 0 Å². The predicted molar refractivity (Wildman–Crippen MR) is 215 cm³/mol. The number of nitrogens with zero attached hydrogens (tertiary/aromatic N) is 2. The van der Waals surface area contributed by atoms with E-state index in [0.29, 0.717) is 0 Å². The summed E-state index contributed by atoms with van der Waals surface area (Å²) in [5, 5.41) is 10.2. The topological polar surface area (TPSA) is 8.17 Å². The van der Waals surface area contributed by atoms with Crippen molar-refractivity contribution < 1.29 is 0 Å². The summed E-state index contributed by atoms with van der Waals surface area (Å²) < 4.78 is 2.41. The average molecular weight is 637 g/mol. The predicted octanol–water partition coefficient (Wildman–Crippen LogP) is 13.3. The van der Waals surface area contributed by atoms with Gasteiger partial charge in [0.2, 0.25) is 0 Å². The maximum Gasteiger partial charge on any atom is 0.0553 e. The summed E-state index contributed by atoms with van der Waals surface area (Å²) in [7, 11) is 0. The largest absolute Gasteiger partial charge is 0.310 e. The van der Waals surface area contributed by atoms with E-state index in [-0.39, 0.29) is 0 Å². The van der Waals surface area contributed by atoms with Gasteiger partial charge in [0.15, 0.2) is 0 Å². The normalized spacial score (nSPS) is 11.9. The Bertz CT molecular complexity index is 2850. The van der Waals surface area contributed by atoms with Crippen LogP contribution in [0.1, 0.15) is 11.1 Å². The molecule has 0 unspecified atom stereocenters. The molecule has 0 saturated heterocycles. The molecular formula is C48H32N2. The smallest absolute Gasteiger partial charge is 0.0553 e. The van der Waals surface area contributed by atoms with Crippen LogP contribution in [-0.4, -0.2) is 4.57 Å². The Kier molecular flexibility index (Phi) is 6.53. The Balaban J connectivity index is 1.06. The molecule has 0 aliphatic rings. The van der Waals surface area contributed by atoms with E-state index < -0.39 is 0 Å². The van der Waals surface area contributed by atoms with Crippen molar-refractivity contribution in [1.29, 1.82) is 0 Å². The first-order valence-electron chi connectivity index (χ1n) is 17.2. The monoisotopic (exact) mass is 636 g/mol. The van der Waals surface area contributed by atoms with Gasteiger partial charge >= 0.3 is 0 Å². The van der Waals surface area contributed by atoms with Crippen LogP contribution in [0.2, 0.25) is 0 Å². The van der Waals surface area contributed by atoms with E-state index in [2.05, 4.69) is 204 Å². The third-order valence-corrected chi connectivity index (χ3v) is 10.1. The number of hydrogen-bond acceptors (Lipinski definition) is 1. The molecule has 0 fully saturated rings. The van der Waals surface area contributed by atoms with E-state index >= 15 is 0 Å². The highest BCUT2D eigenvalue weighted by molar-refractivity contribution is 6.24. The van der Waals surface area contributed by atoms with Crippen LogP contribution < -0.4 is 4.90 Å². The first kappa shape index (κ1) is 28.4. The van der Waals surface area contributed by atoms with E-state index in [4.69, 9.17) is 0 Å². The highest BCUT2D eigenvalue weighted by Gasteiger charge is 2.18.